The zero-order valence-electron chi connectivity index (χ0n) is 33.4. The first-order valence-corrected chi connectivity index (χ1v) is 19.9. The van der Waals surface area contributed by atoms with Gasteiger partial charge in [-0.3, -0.25) is 9.69 Å². The predicted octanol–water partition coefficient (Wildman–Crippen LogP) is 6.05. The van der Waals surface area contributed by atoms with Crippen LogP contribution in [0.3, 0.4) is 0 Å². The quantitative estimate of drug-likeness (QED) is 0.357. The molecule has 0 aliphatic carbocycles. The van der Waals surface area contributed by atoms with Gasteiger partial charge in [-0.05, 0) is 83.5 Å². The van der Waals surface area contributed by atoms with Crippen LogP contribution in [0.5, 0.6) is 0 Å². The van der Waals surface area contributed by atoms with Gasteiger partial charge < -0.3 is 43.9 Å². The van der Waals surface area contributed by atoms with Crippen molar-refractivity contribution in [3.05, 3.63) is 57.6 Å². The summed E-state index contributed by atoms with van der Waals surface area (Å²) in [6.45, 7) is 24.8. The zero-order chi connectivity index (χ0) is 40.0. The highest BCUT2D eigenvalue weighted by Gasteiger charge is 2.27. The highest BCUT2D eigenvalue weighted by molar-refractivity contribution is 6.31. The summed E-state index contributed by atoms with van der Waals surface area (Å²) in [4.78, 5) is 45.0. The lowest BCUT2D eigenvalue weighted by Gasteiger charge is -2.37. The number of morpholine rings is 2. The normalized spacial score (nSPS) is 18.3. The highest BCUT2D eigenvalue weighted by atomic mass is 35.5. The molecule has 0 radical (unpaired) electrons. The molecule has 4 heterocycles. The lowest BCUT2D eigenvalue weighted by atomic mass is 10.1. The molecule has 4 aliphatic heterocycles. The fourth-order valence-electron chi connectivity index (χ4n) is 6.34. The van der Waals surface area contributed by atoms with Crippen molar-refractivity contribution in [2.24, 2.45) is 0 Å². The summed E-state index contributed by atoms with van der Waals surface area (Å²) in [7, 11) is 0. The summed E-state index contributed by atoms with van der Waals surface area (Å²) < 4.78 is 21.5. The van der Waals surface area contributed by atoms with Gasteiger partial charge in [0.05, 0.1) is 26.4 Å². The van der Waals surface area contributed by atoms with Gasteiger partial charge in [-0.2, -0.15) is 0 Å². The molecule has 13 nitrogen and oxygen atoms in total. The van der Waals surface area contributed by atoms with E-state index in [4.69, 9.17) is 42.1 Å². The van der Waals surface area contributed by atoms with Crippen LogP contribution >= 0.6 is 23.2 Å². The van der Waals surface area contributed by atoms with Gasteiger partial charge in [0.25, 0.3) is 0 Å². The van der Waals surface area contributed by atoms with Gasteiger partial charge in [0.1, 0.15) is 11.2 Å². The maximum atomic E-state index is 12.2. The van der Waals surface area contributed by atoms with Crippen LogP contribution in [0.1, 0.15) is 57.5 Å². The number of piperazine rings is 2. The Morgan fingerprint density at radius 2 is 1.13 bits per heavy atom. The molecule has 4 fully saturated rings. The van der Waals surface area contributed by atoms with E-state index in [1.165, 1.54) is 11.3 Å². The molecule has 0 atom stereocenters. The Morgan fingerprint density at radius 1 is 0.673 bits per heavy atom. The van der Waals surface area contributed by atoms with Gasteiger partial charge in [0.2, 0.25) is 0 Å². The fourth-order valence-corrected chi connectivity index (χ4v) is 6.71. The van der Waals surface area contributed by atoms with Crippen LogP contribution < -0.4 is 15.1 Å². The van der Waals surface area contributed by atoms with Crippen LogP contribution in [0.2, 0.25) is 10.0 Å². The number of nitrogens with zero attached hydrogens (tertiary/aromatic N) is 5. The first-order chi connectivity index (χ1) is 26.1. The maximum absolute atomic E-state index is 12.2. The van der Waals surface area contributed by atoms with Gasteiger partial charge in [-0.1, -0.05) is 23.2 Å². The number of hydrogen-bond acceptors (Lipinski definition) is 11. The van der Waals surface area contributed by atoms with Gasteiger partial charge in [-0.25, -0.2) is 9.59 Å². The summed E-state index contributed by atoms with van der Waals surface area (Å²) in [5, 5.41) is 4.53. The molecule has 0 aromatic heterocycles. The molecule has 2 aromatic carbocycles. The van der Waals surface area contributed by atoms with Crippen LogP contribution in [-0.2, 0) is 25.5 Å². The molecular weight excluding hydrogens is 747 g/mol. The molecule has 306 valence electrons. The lowest BCUT2D eigenvalue weighted by Crippen LogP contribution is -2.49. The van der Waals surface area contributed by atoms with Crippen LogP contribution in [0.4, 0.5) is 21.0 Å². The Bertz CT molecular complexity index is 1530. The summed E-state index contributed by atoms with van der Waals surface area (Å²) >= 11 is 12.1. The molecule has 0 bridgehead atoms. The largest absolute Gasteiger partial charge is 0.444 e. The van der Waals surface area contributed by atoms with Crippen molar-refractivity contribution < 1.29 is 33.3 Å². The van der Waals surface area contributed by atoms with Gasteiger partial charge in [0.15, 0.2) is 6.29 Å². The Morgan fingerprint density at radius 3 is 1.62 bits per heavy atom. The van der Waals surface area contributed by atoms with Crippen LogP contribution in [0.25, 0.3) is 0 Å². The number of hydrogen-bond donors (Lipinski definition) is 1. The van der Waals surface area contributed by atoms with Gasteiger partial charge >= 0.3 is 12.2 Å². The Balaban J connectivity index is 0.000000202. The number of rotatable bonds is 5. The number of halogens is 2. The number of aldehydes is 1. The second kappa shape index (κ2) is 21.3. The van der Waals surface area contributed by atoms with Crippen LogP contribution in [0, 0.1) is 0 Å². The smallest absolute Gasteiger partial charge is 0.410 e. The molecule has 2 amide bonds. The standard InChI is InChI=1S/C20H30ClN3O3.C11H12ClNO2.C9H18N2O2/c1-20(2,3)27-19(25)24-8-6-22(7-9-24)15-16-14-17(21)4-5-18(16)23-10-12-26-13-11-23;12-10-1-2-11(9(7-10)8-14)13-3-5-15-6-4-13;1-9(2,3)13-8(12)11-6-4-10-5-7-11/h4-5,14H,6-13,15H2,1-3H3;1-2,7-8H,3-6H2;10H,4-7H2,1-3H3. The molecule has 0 unspecified atom stereocenters. The van der Waals surface area contributed by atoms with Crippen molar-refractivity contribution in [3.63, 3.8) is 0 Å². The van der Waals surface area contributed by atoms with Crippen molar-refractivity contribution in [2.75, 3.05) is 115 Å². The SMILES string of the molecule is CC(C)(C)OC(=O)N1CCN(Cc2cc(Cl)ccc2N2CCOCC2)CC1.CC(C)(C)OC(=O)N1CCNCC1.O=Cc1cc(Cl)ccc1N1CCOCC1. The van der Waals surface area contributed by atoms with Crippen molar-refractivity contribution in [1.82, 2.24) is 20.0 Å². The summed E-state index contributed by atoms with van der Waals surface area (Å²) in [5.41, 5.74) is 3.21. The summed E-state index contributed by atoms with van der Waals surface area (Å²) in [6, 6.07) is 11.5. The number of anilines is 2. The number of amides is 2. The average Bonchev–Trinajstić information content (AvgIpc) is 3.15. The molecule has 4 aliphatic rings. The molecule has 4 saturated heterocycles. The van der Waals surface area contributed by atoms with E-state index in [9.17, 15) is 14.4 Å². The minimum atomic E-state index is -0.456. The minimum absolute atomic E-state index is 0.200. The summed E-state index contributed by atoms with van der Waals surface area (Å²) in [6.07, 6.45) is 0.421. The van der Waals surface area contributed by atoms with E-state index < -0.39 is 5.60 Å². The maximum Gasteiger partial charge on any atom is 0.410 e. The van der Waals surface area contributed by atoms with E-state index in [1.807, 2.05) is 53.7 Å². The number of carbonyl (C=O) groups is 3. The third kappa shape index (κ3) is 15.3. The van der Waals surface area contributed by atoms with Crippen molar-refractivity contribution in [3.8, 4) is 0 Å². The first kappa shape index (κ1) is 44.4. The van der Waals surface area contributed by atoms with E-state index in [0.717, 1.165) is 102 Å². The molecule has 1 N–H and O–H groups in total. The molecule has 55 heavy (non-hydrogen) atoms. The van der Waals surface area contributed by atoms with Gasteiger partial charge in [0, 0.05) is 112 Å². The van der Waals surface area contributed by atoms with E-state index in [0.29, 0.717) is 36.9 Å². The number of carbonyl (C=O) groups excluding carboxylic acids is 3. The average molecular weight is 808 g/mol. The molecule has 6 rings (SSSR count). The predicted molar refractivity (Wildman–Crippen MR) is 218 cm³/mol. The van der Waals surface area contributed by atoms with E-state index in [1.54, 1.807) is 21.9 Å². The fraction of sp³-hybridized carbons (Fsp3) is 0.625. The Hall–Kier alpha value is -3.33. The van der Waals surface area contributed by atoms with Gasteiger partial charge in [-0.15, -0.1) is 0 Å². The zero-order valence-corrected chi connectivity index (χ0v) is 34.9. The molecular formula is C40H60Cl2N6O7. The number of benzene rings is 2. The molecule has 2 aromatic rings. The summed E-state index contributed by atoms with van der Waals surface area (Å²) in [5.74, 6) is 0. The third-order valence-corrected chi connectivity index (χ3v) is 9.52. The highest BCUT2D eigenvalue weighted by Crippen LogP contribution is 2.27. The number of ether oxygens (including phenoxy) is 4. The van der Waals surface area contributed by atoms with Crippen molar-refractivity contribution in [2.45, 2.75) is 59.3 Å². The second-order valence-corrected chi connectivity index (χ2v) is 16.6. The van der Waals surface area contributed by atoms with E-state index >= 15 is 0 Å². The van der Waals surface area contributed by atoms with E-state index in [-0.39, 0.29) is 17.8 Å². The second-order valence-electron chi connectivity index (χ2n) is 15.8. The third-order valence-electron chi connectivity index (χ3n) is 9.05. The molecule has 15 heteroatoms. The topological polar surface area (TPSA) is 116 Å². The van der Waals surface area contributed by atoms with Crippen molar-refractivity contribution >= 4 is 53.0 Å². The monoisotopic (exact) mass is 806 g/mol. The number of nitrogens with one attached hydrogen (secondary N) is 1. The molecule has 0 spiro atoms. The van der Waals surface area contributed by atoms with Crippen LogP contribution in [-0.4, -0.2) is 149 Å². The van der Waals surface area contributed by atoms with Crippen LogP contribution in [0.15, 0.2) is 36.4 Å². The van der Waals surface area contributed by atoms with Crippen molar-refractivity contribution in [1.29, 1.82) is 0 Å². The first-order valence-electron chi connectivity index (χ1n) is 19.2. The Labute approximate surface area is 337 Å². The van der Waals surface area contributed by atoms with E-state index in [2.05, 4.69) is 32.1 Å². The molecule has 0 saturated carbocycles. The Kier molecular flexibility index (Phi) is 17.2. The minimum Gasteiger partial charge on any atom is -0.444 e. The lowest BCUT2D eigenvalue weighted by molar-refractivity contribution is 0.0138.